The van der Waals surface area contributed by atoms with Gasteiger partial charge in [-0.05, 0) is 48.4 Å². The Hall–Kier alpha value is -2.82. The average Bonchev–Trinajstić information content (AvgIpc) is 3.02. The third kappa shape index (κ3) is 3.04. The van der Waals surface area contributed by atoms with E-state index >= 15 is 0 Å². The number of benzene rings is 2. The molecule has 5 heteroatoms. The smallest absolute Gasteiger partial charge is 0.231 e. The van der Waals surface area contributed by atoms with E-state index in [9.17, 15) is 14.3 Å². The summed E-state index contributed by atoms with van der Waals surface area (Å²) in [6.07, 6.45) is 2.15. The predicted molar refractivity (Wildman–Crippen MR) is 83.2 cm³/mol. The second-order valence-corrected chi connectivity index (χ2v) is 5.13. The van der Waals surface area contributed by atoms with Crippen LogP contribution in [0.5, 0.6) is 17.2 Å². The molecule has 1 aliphatic rings. The molecule has 0 bridgehead atoms. The van der Waals surface area contributed by atoms with Crippen LogP contribution in [-0.2, 0) is 0 Å². The number of hydrogen-bond acceptors (Lipinski definition) is 4. The highest BCUT2D eigenvalue weighted by atomic mass is 19.1. The fourth-order valence-corrected chi connectivity index (χ4v) is 2.40. The number of ketones is 1. The summed E-state index contributed by atoms with van der Waals surface area (Å²) in [5.41, 5.74) is 1.19. The Labute approximate surface area is 132 Å². The molecule has 0 spiro atoms. The van der Waals surface area contributed by atoms with Crippen molar-refractivity contribution in [1.29, 1.82) is 0 Å². The van der Waals surface area contributed by atoms with E-state index in [0.717, 1.165) is 17.7 Å². The van der Waals surface area contributed by atoms with Crippen molar-refractivity contribution in [2.24, 2.45) is 0 Å². The van der Waals surface area contributed by atoms with Gasteiger partial charge >= 0.3 is 0 Å². The van der Waals surface area contributed by atoms with Gasteiger partial charge in [-0.15, -0.1) is 0 Å². The summed E-state index contributed by atoms with van der Waals surface area (Å²) in [5, 5.41) is 9.79. The van der Waals surface area contributed by atoms with Crippen molar-refractivity contribution in [2.45, 2.75) is 13.3 Å². The van der Waals surface area contributed by atoms with Gasteiger partial charge in [-0.2, -0.15) is 0 Å². The number of ether oxygens (including phenoxy) is 2. The molecule has 0 unspecified atom stereocenters. The molecule has 2 aromatic carbocycles. The Balaban J connectivity index is 1.95. The number of allylic oxidation sites excluding steroid dienone is 1. The lowest BCUT2D eigenvalue weighted by Crippen LogP contribution is -2.04. The van der Waals surface area contributed by atoms with E-state index in [0.29, 0.717) is 23.5 Å². The summed E-state index contributed by atoms with van der Waals surface area (Å²) >= 11 is 0. The van der Waals surface area contributed by atoms with Crippen molar-refractivity contribution in [1.82, 2.24) is 0 Å². The van der Waals surface area contributed by atoms with Crippen LogP contribution < -0.4 is 9.47 Å². The zero-order chi connectivity index (χ0) is 16.4. The Morgan fingerprint density at radius 2 is 2.00 bits per heavy atom. The van der Waals surface area contributed by atoms with Gasteiger partial charge in [-0.1, -0.05) is 13.0 Å². The molecule has 0 saturated carbocycles. The quantitative estimate of drug-likeness (QED) is 0.686. The highest BCUT2D eigenvalue weighted by Gasteiger charge is 2.17. The Morgan fingerprint density at radius 1 is 1.22 bits per heavy atom. The molecule has 1 aliphatic heterocycles. The van der Waals surface area contributed by atoms with E-state index in [1.807, 2.05) is 13.0 Å². The summed E-state index contributed by atoms with van der Waals surface area (Å²) in [7, 11) is 0. The number of carbonyl (C=O) groups excluding carboxylic acids is 1. The summed E-state index contributed by atoms with van der Waals surface area (Å²) in [5.74, 6) is 0.0813. The summed E-state index contributed by atoms with van der Waals surface area (Å²) in [6, 6.07) is 8.68. The van der Waals surface area contributed by atoms with E-state index in [-0.39, 0.29) is 18.1 Å². The normalized spacial score (nSPS) is 13.2. The van der Waals surface area contributed by atoms with Gasteiger partial charge in [-0.25, -0.2) is 4.39 Å². The largest absolute Gasteiger partial charge is 0.507 e. The van der Waals surface area contributed by atoms with E-state index in [2.05, 4.69) is 0 Å². The number of rotatable bonds is 4. The van der Waals surface area contributed by atoms with E-state index in [4.69, 9.17) is 9.47 Å². The van der Waals surface area contributed by atoms with Crippen LogP contribution in [0.4, 0.5) is 4.39 Å². The Kier molecular flexibility index (Phi) is 4.02. The Bertz CT molecular complexity index is 796. The van der Waals surface area contributed by atoms with Gasteiger partial charge in [0.2, 0.25) is 6.79 Å². The zero-order valence-electron chi connectivity index (χ0n) is 12.5. The minimum atomic E-state index is -0.565. The van der Waals surface area contributed by atoms with Crippen LogP contribution in [0.25, 0.3) is 6.08 Å². The highest BCUT2D eigenvalue weighted by molar-refractivity contribution is 6.12. The lowest BCUT2D eigenvalue weighted by atomic mass is 9.98. The number of fused-ring (bicyclic) bond motifs is 1. The first-order chi connectivity index (χ1) is 11.1. The number of hydrogen-bond donors (Lipinski definition) is 1. The fourth-order valence-electron chi connectivity index (χ4n) is 2.40. The van der Waals surface area contributed by atoms with Crippen molar-refractivity contribution < 1.29 is 23.8 Å². The molecule has 3 rings (SSSR count). The molecule has 4 nitrogen and oxygen atoms in total. The fraction of sp³-hybridized carbons (Fsp3) is 0.167. The SMILES string of the molecule is CC/C(=C\c1ccc2c(c1)OCO2)C(=O)c1cc(F)ccc1O. The molecule has 1 heterocycles. The van der Waals surface area contributed by atoms with Crippen molar-refractivity contribution >= 4 is 11.9 Å². The van der Waals surface area contributed by atoms with Crippen molar-refractivity contribution in [3.05, 3.63) is 58.9 Å². The summed E-state index contributed by atoms with van der Waals surface area (Å²) in [6.45, 7) is 2.01. The molecule has 0 radical (unpaired) electrons. The zero-order valence-corrected chi connectivity index (χ0v) is 12.5. The van der Waals surface area contributed by atoms with Crippen LogP contribution >= 0.6 is 0 Å². The molecule has 0 aromatic heterocycles. The summed E-state index contributed by atoms with van der Waals surface area (Å²) in [4.78, 5) is 12.5. The lowest BCUT2D eigenvalue weighted by molar-refractivity contribution is 0.102. The molecule has 0 amide bonds. The van der Waals surface area contributed by atoms with Gasteiger partial charge < -0.3 is 14.6 Å². The van der Waals surface area contributed by atoms with Crippen LogP contribution in [0.3, 0.4) is 0 Å². The molecule has 0 aliphatic carbocycles. The molecular weight excluding hydrogens is 299 g/mol. The molecule has 1 N–H and O–H groups in total. The van der Waals surface area contributed by atoms with Crippen LogP contribution in [0.15, 0.2) is 42.0 Å². The number of carbonyl (C=O) groups is 1. The van der Waals surface area contributed by atoms with Gasteiger partial charge in [0.05, 0.1) is 5.56 Å². The first-order valence-corrected chi connectivity index (χ1v) is 7.22. The molecular formula is C18H15FO4. The van der Waals surface area contributed by atoms with Crippen LogP contribution in [0, 0.1) is 5.82 Å². The van der Waals surface area contributed by atoms with E-state index in [1.54, 1.807) is 18.2 Å². The second kappa shape index (κ2) is 6.12. The minimum Gasteiger partial charge on any atom is -0.507 e. The number of aromatic hydroxyl groups is 1. The lowest BCUT2D eigenvalue weighted by Gasteiger charge is -2.07. The average molecular weight is 314 g/mol. The molecule has 2 aromatic rings. The standard InChI is InChI=1S/C18H15FO4/c1-2-12(18(21)14-9-13(19)4-5-15(14)20)7-11-3-6-16-17(8-11)23-10-22-16/h3-9,20H,2,10H2,1H3/b12-7+. The minimum absolute atomic E-state index is 0.0427. The van der Waals surface area contributed by atoms with Gasteiger partial charge in [0, 0.05) is 5.57 Å². The third-order valence-corrected chi connectivity index (χ3v) is 3.61. The van der Waals surface area contributed by atoms with Crippen LogP contribution in [0.1, 0.15) is 29.3 Å². The topological polar surface area (TPSA) is 55.8 Å². The maximum absolute atomic E-state index is 13.3. The van der Waals surface area contributed by atoms with Gasteiger partial charge in [0.25, 0.3) is 0 Å². The maximum Gasteiger partial charge on any atom is 0.231 e. The van der Waals surface area contributed by atoms with Crippen LogP contribution in [-0.4, -0.2) is 17.7 Å². The predicted octanol–water partition coefficient (Wildman–Crippen LogP) is 3.94. The molecule has 0 fully saturated rings. The third-order valence-electron chi connectivity index (χ3n) is 3.61. The van der Waals surface area contributed by atoms with Crippen LogP contribution in [0.2, 0.25) is 0 Å². The van der Waals surface area contributed by atoms with Crippen molar-refractivity contribution in [2.75, 3.05) is 6.79 Å². The van der Waals surface area contributed by atoms with E-state index in [1.165, 1.54) is 6.07 Å². The van der Waals surface area contributed by atoms with Crippen molar-refractivity contribution in [3.63, 3.8) is 0 Å². The van der Waals surface area contributed by atoms with Gasteiger partial charge in [0.1, 0.15) is 11.6 Å². The van der Waals surface area contributed by atoms with Crippen molar-refractivity contribution in [3.8, 4) is 17.2 Å². The number of halogens is 1. The molecule has 0 atom stereocenters. The van der Waals surface area contributed by atoms with Gasteiger partial charge in [0.15, 0.2) is 17.3 Å². The van der Waals surface area contributed by atoms with Gasteiger partial charge in [-0.3, -0.25) is 4.79 Å². The number of phenolic OH excluding ortho intramolecular Hbond substituents is 1. The van der Waals surface area contributed by atoms with E-state index < -0.39 is 11.6 Å². The first-order valence-electron chi connectivity index (χ1n) is 7.22. The second-order valence-electron chi connectivity index (χ2n) is 5.13. The number of Topliss-reactive ketones (excluding diaryl/α,β-unsaturated/α-hetero) is 1. The molecule has 0 saturated heterocycles. The Morgan fingerprint density at radius 3 is 2.78 bits per heavy atom. The first kappa shape index (κ1) is 15.1. The molecule has 23 heavy (non-hydrogen) atoms. The molecule has 118 valence electrons. The summed E-state index contributed by atoms with van der Waals surface area (Å²) < 4.78 is 23.9. The maximum atomic E-state index is 13.3. The number of phenols is 1. The highest BCUT2D eigenvalue weighted by Crippen LogP contribution is 2.33. The monoisotopic (exact) mass is 314 g/mol.